The number of rotatable bonds is 3. The summed E-state index contributed by atoms with van der Waals surface area (Å²) >= 11 is 0. The molecule has 0 saturated carbocycles. The lowest BCUT2D eigenvalue weighted by Crippen LogP contribution is -2.04. The Morgan fingerprint density at radius 2 is 1.19 bits per heavy atom. The van der Waals surface area contributed by atoms with Crippen LogP contribution < -0.4 is 0 Å². The number of hydrogen-bond donors (Lipinski definition) is 0. The summed E-state index contributed by atoms with van der Waals surface area (Å²) in [5, 5.41) is 0. The van der Waals surface area contributed by atoms with E-state index in [2.05, 4.69) is 4.98 Å². The third-order valence-corrected chi connectivity index (χ3v) is 5.14. The largest absolute Gasteiger partial charge is 0.436 e. The van der Waals surface area contributed by atoms with Crippen molar-refractivity contribution in [3.05, 3.63) is 103 Å². The highest BCUT2D eigenvalue weighted by molar-refractivity contribution is 5.78. The lowest BCUT2D eigenvalue weighted by Gasteiger charge is -2.10. The third-order valence-electron chi connectivity index (χ3n) is 5.14. The number of nitrogens with zero attached hydrogens (tertiary/aromatic N) is 1. The van der Waals surface area contributed by atoms with E-state index < -0.39 is 11.7 Å². The summed E-state index contributed by atoms with van der Waals surface area (Å²) in [5.41, 5.74) is 4.91. The molecular formula is C26H16F3NO. The number of benzene rings is 4. The predicted octanol–water partition coefficient (Wildman–Crippen LogP) is 7.85. The van der Waals surface area contributed by atoms with E-state index in [1.54, 1.807) is 6.07 Å². The number of oxazole rings is 1. The summed E-state index contributed by atoms with van der Waals surface area (Å²) in [7, 11) is 0. The van der Waals surface area contributed by atoms with Gasteiger partial charge in [0.15, 0.2) is 5.58 Å². The lowest BCUT2D eigenvalue weighted by molar-refractivity contribution is -0.137. The molecule has 0 spiro atoms. The van der Waals surface area contributed by atoms with Crippen molar-refractivity contribution in [3.8, 4) is 33.7 Å². The van der Waals surface area contributed by atoms with Crippen LogP contribution in [0.15, 0.2) is 101 Å². The number of para-hydroxylation sites is 2. The minimum atomic E-state index is -4.36. The van der Waals surface area contributed by atoms with Gasteiger partial charge < -0.3 is 4.42 Å². The summed E-state index contributed by atoms with van der Waals surface area (Å²) in [4.78, 5) is 4.54. The minimum absolute atomic E-state index is 0.529. The average molecular weight is 415 g/mol. The zero-order valence-corrected chi connectivity index (χ0v) is 16.2. The SMILES string of the molecule is FC(F)(F)c1cccc(-c2ccc(-c3cccc(-c4nc5ccccc5o4)c3)cc2)c1. The molecule has 0 aliphatic heterocycles. The highest BCUT2D eigenvalue weighted by atomic mass is 19.4. The second-order valence-corrected chi connectivity index (χ2v) is 7.22. The summed E-state index contributed by atoms with van der Waals surface area (Å²) in [6.45, 7) is 0. The van der Waals surface area contributed by atoms with Crippen LogP contribution in [0, 0.1) is 0 Å². The molecule has 2 nitrogen and oxygen atoms in total. The first-order chi connectivity index (χ1) is 15.0. The van der Waals surface area contributed by atoms with Crippen molar-refractivity contribution in [2.75, 3.05) is 0 Å². The molecule has 0 saturated heterocycles. The number of alkyl halides is 3. The Hall–Kier alpha value is -3.86. The van der Waals surface area contributed by atoms with Gasteiger partial charge in [0, 0.05) is 5.56 Å². The molecule has 0 aliphatic carbocycles. The van der Waals surface area contributed by atoms with Gasteiger partial charge in [0.2, 0.25) is 5.89 Å². The molecule has 0 fully saturated rings. The van der Waals surface area contributed by atoms with E-state index in [1.165, 1.54) is 12.1 Å². The molecule has 5 heteroatoms. The molecule has 0 aliphatic rings. The zero-order chi connectivity index (χ0) is 21.4. The topological polar surface area (TPSA) is 26.0 Å². The monoisotopic (exact) mass is 415 g/mol. The molecule has 0 unspecified atom stereocenters. The average Bonchev–Trinajstić information content (AvgIpc) is 3.23. The molecule has 0 radical (unpaired) electrons. The van der Waals surface area contributed by atoms with Crippen LogP contribution in [0.2, 0.25) is 0 Å². The summed E-state index contributed by atoms with van der Waals surface area (Å²) in [5.74, 6) is 0.545. The number of fused-ring (bicyclic) bond motifs is 1. The lowest BCUT2D eigenvalue weighted by atomic mass is 9.98. The maximum atomic E-state index is 13.0. The van der Waals surface area contributed by atoms with Gasteiger partial charge in [-0.2, -0.15) is 13.2 Å². The van der Waals surface area contributed by atoms with Crippen molar-refractivity contribution in [2.24, 2.45) is 0 Å². The van der Waals surface area contributed by atoms with Crippen LogP contribution in [0.1, 0.15) is 5.56 Å². The fraction of sp³-hybridized carbons (Fsp3) is 0.0385. The van der Waals surface area contributed by atoms with Gasteiger partial charge in [0.05, 0.1) is 5.56 Å². The molecule has 0 atom stereocenters. The van der Waals surface area contributed by atoms with E-state index in [0.29, 0.717) is 11.5 Å². The fourth-order valence-corrected chi connectivity index (χ4v) is 3.56. The Morgan fingerprint density at radius 3 is 1.87 bits per heavy atom. The normalized spacial score (nSPS) is 11.7. The van der Waals surface area contributed by atoms with Crippen LogP contribution >= 0.6 is 0 Å². The zero-order valence-electron chi connectivity index (χ0n) is 16.2. The molecule has 4 aromatic carbocycles. The van der Waals surface area contributed by atoms with Crippen LogP contribution in [0.4, 0.5) is 13.2 Å². The second-order valence-electron chi connectivity index (χ2n) is 7.22. The first-order valence-corrected chi connectivity index (χ1v) is 9.71. The minimum Gasteiger partial charge on any atom is -0.436 e. The van der Waals surface area contributed by atoms with E-state index in [0.717, 1.165) is 39.4 Å². The summed E-state index contributed by atoms with van der Waals surface area (Å²) in [6.07, 6.45) is -4.36. The van der Waals surface area contributed by atoms with Crippen molar-refractivity contribution in [3.63, 3.8) is 0 Å². The highest BCUT2D eigenvalue weighted by Crippen LogP contribution is 2.33. The Labute approximate surface area is 176 Å². The van der Waals surface area contributed by atoms with E-state index in [-0.39, 0.29) is 0 Å². The van der Waals surface area contributed by atoms with Crippen LogP contribution in [0.5, 0.6) is 0 Å². The molecule has 0 amide bonds. The van der Waals surface area contributed by atoms with Gasteiger partial charge in [-0.3, -0.25) is 0 Å². The summed E-state index contributed by atoms with van der Waals surface area (Å²) in [6, 6.07) is 28.3. The van der Waals surface area contributed by atoms with Gasteiger partial charge in [0.25, 0.3) is 0 Å². The van der Waals surface area contributed by atoms with Crippen molar-refractivity contribution in [2.45, 2.75) is 6.18 Å². The van der Waals surface area contributed by atoms with Crippen LogP contribution in [0.3, 0.4) is 0 Å². The molecule has 5 aromatic rings. The Balaban J connectivity index is 1.46. The molecular weight excluding hydrogens is 399 g/mol. The van der Waals surface area contributed by atoms with Crippen LogP contribution in [-0.4, -0.2) is 4.98 Å². The van der Waals surface area contributed by atoms with Gasteiger partial charge in [-0.25, -0.2) is 4.98 Å². The summed E-state index contributed by atoms with van der Waals surface area (Å²) < 4.78 is 44.9. The second kappa shape index (κ2) is 7.43. The number of hydrogen-bond acceptors (Lipinski definition) is 2. The molecule has 5 rings (SSSR count). The third kappa shape index (κ3) is 3.82. The van der Waals surface area contributed by atoms with Gasteiger partial charge in [-0.15, -0.1) is 0 Å². The highest BCUT2D eigenvalue weighted by Gasteiger charge is 2.30. The Morgan fingerprint density at radius 1 is 0.581 bits per heavy atom. The van der Waals surface area contributed by atoms with Crippen molar-refractivity contribution < 1.29 is 17.6 Å². The van der Waals surface area contributed by atoms with Gasteiger partial charge in [0.1, 0.15) is 5.52 Å². The van der Waals surface area contributed by atoms with Crippen LogP contribution in [0.25, 0.3) is 44.8 Å². The maximum Gasteiger partial charge on any atom is 0.416 e. The number of aromatic nitrogens is 1. The molecule has 0 N–H and O–H groups in total. The van der Waals surface area contributed by atoms with Crippen molar-refractivity contribution in [1.29, 1.82) is 0 Å². The van der Waals surface area contributed by atoms with E-state index in [4.69, 9.17) is 4.42 Å². The quantitative estimate of drug-likeness (QED) is 0.300. The van der Waals surface area contributed by atoms with E-state index >= 15 is 0 Å². The molecule has 1 aromatic heterocycles. The van der Waals surface area contributed by atoms with Crippen molar-refractivity contribution >= 4 is 11.1 Å². The van der Waals surface area contributed by atoms with Crippen LogP contribution in [-0.2, 0) is 6.18 Å². The Kier molecular flexibility index (Phi) is 4.59. The number of halogens is 3. The standard InChI is InChI=1S/C26H16F3NO/c27-26(28,29)22-8-4-6-20(16-22)18-13-11-17(12-14-18)19-5-3-7-21(15-19)25-30-23-9-1-2-10-24(23)31-25/h1-16H. The smallest absolute Gasteiger partial charge is 0.416 e. The Bertz CT molecular complexity index is 1330. The van der Waals surface area contributed by atoms with Crippen molar-refractivity contribution in [1.82, 2.24) is 4.98 Å². The fourth-order valence-electron chi connectivity index (χ4n) is 3.56. The van der Waals surface area contributed by atoms with E-state index in [9.17, 15) is 13.2 Å². The van der Waals surface area contributed by atoms with E-state index in [1.807, 2.05) is 72.8 Å². The van der Waals surface area contributed by atoms with Gasteiger partial charge >= 0.3 is 6.18 Å². The molecule has 31 heavy (non-hydrogen) atoms. The van der Waals surface area contributed by atoms with Gasteiger partial charge in [-0.05, 0) is 58.7 Å². The first-order valence-electron chi connectivity index (χ1n) is 9.71. The first kappa shape index (κ1) is 19.1. The predicted molar refractivity (Wildman–Crippen MR) is 115 cm³/mol. The molecule has 1 heterocycles. The molecule has 152 valence electrons. The molecule has 0 bridgehead atoms. The van der Waals surface area contributed by atoms with Gasteiger partial charge in [-0.1, -0.05) is 60.7 Å². The maximum absolute atomic E-state index is 13.0.